The molecule has 4 rings (SSSR count). The van der Waals surface area contributed by atoms with Gasteiger partial charge in [-0.1, -0.05) is 0 Å². The Morgan fingerprint density at radius 3 is 2.85 bits per heavy atom. The summed E-state index contributed by atoms with van der Waals surface area (Å²) in [6.07, 6.45) is 8.22. The van der Waals surface area contributed by atoms with E-state index < -0.39 is 0 Å². The Morgan fingerprint density at radius 1 is 1.26 bits per heavy atom. The summed E-state index contributed by atoms with van der Waals surface area (Å²) in [5.41, 5.74) is 1.62. The molecule has 0 aromatic carbocycles. The maximum absolute atomic E-state index is 5.65. The number of guanidine groups is 1. The van der Waals surface area contributed by atoms with Gasteiger partial charge in [0, 0.05) is 58.0 Å². The molecule has 0 radical (unpaired) electrons. The first-order valence-electron chi connectivity index (χ1n) is 10.0. The Labute approximate surface area is 179 Å². The number of nitrogens with one attached hydrogen (secondary N) is 1. The summed E-state index contributed by atoms with van der Waals surface area (Å²) in [4.78, 5) is 13.9. The van der Waals surface area contributed by atoms with Gasteiger partial charge in [-0.3, -0.25) is 4.99 Å². The summed E-state index contributed by atoms with van der Waals surface area (Å²) in [6, 6.07) is 4.33. The van der Waals surface area contributed by atoms with Crippen molar-refractivity contribution >= 4 is 35.8 Å². The van der Waals surface area contributed by atoms with Crippen molar-refractivity contribution in [2.75, 3.05) is 51.3 Å². The number of piperidine rings is 1. The molecule has 1 N–H and O–H groups in total. The van der Waals surface area contributed by atoms with Gasteiger partial charge in [0.05, 0.1) is 6.61 Å². The van der Waals surface area contributed by atoms with Crippen LogP contribution in [0.5, 0.6) is 0 Å². The maximum Gasteiger partial charge on any atom is 0.193 e. The zero-order valence-corrected chi connectivity index (χ0v) is 18.7. The molecule has 27 heavy (non-hydrogen) atoms. The van der Waals surface area contributed by atoms with Crippen molar-refractivity contribution in [3.8, 4) is 0 Å². The van der Waals surface area contributed by atoms with Crippen LogP contribution >= 0.6 is 24.0 Å². The average molecular weight is 485 g/mol. The zero-order valence-electron chi connectivity index (χ0n) is 16.3. The largest absolute Gasteiger partial charge is 0.381 e. The Balaban J connectivity index is 0.00000210. The van der Waals surface area contributed by atoms with Crippen LogP contribution in [-0.2, 0) is 11.3 Å². The number of nitrogens with zero attached hydrogens (tertiary/aromatic N) is 4. The number of ether oxygens (including phenoxy) is 1. The average Bonchev–Trinajstić information content (AvgIpc) is 3.33. The predicted molar refractivity (Wildman–Crippen MR) is 120 cm³/mol. The second-order valence-electron chi connectivity index (χ2n) is 7.94. The summed E-state index contributed by atoms with van der Waals surface area (Å²) in [5.74, 6) is 2.12. The van der Waals surface area contributed by atoms with Gasteiger partial charge >= 0.3 is 0 Å². The number of likely N-dealkylation sites (tertiary alicyclic amines) is 1. The molecule has 1 unspecified atom stereocenters. The van der Waals surface area contributed by atoms with Gasteiger partial charge < -0.3 is 19.9 Å². The number of aromatic nitrogens is 1. The number of pyridine rings is 1. The molecule has 3 fully saturated rings. The maximum atomic E-state index is 5.65. The second kappa shape index (κ2) is 9.41. The van der Waals surface area contributed by atoms with Crippen LogP contribution in [0.15, 0.2) is 23.3 Å². The molecule has 0 amide bonds. The van der Waals surface area contributed by atoms with Crippen molar-refractivity contribution in [2.45, 2.75) is 38.6 Å². The van der Waals surface area contributed by atoms with E-state index in [1.54, 1.807) is 0 Å². The molecule has 6 nitrogen and oxygen atoms in total. The van der Waals surface area contributed by atoms with Crippen molar-refractivity contribution in [3.05, 3.63) is 23.9 Å². The molecule has 3 saturated heterocycles. The standard InChI is InChI=1S/C20H31N5O.HI/c1-21-19(25-11-6-20(15-25)7-12-26-16-20)23-14-17-5-8-22-18(13-17)24-9-3-2-4-10-24;/h5,8,13H,2-4,6-7,9-12,14-16H2,1H3,(H,21,23);1H. The van der Waals surface area contributed by atoms with Gasteiger partial charge in [-0.25, -0.2) is 4.98 Å². The van der Waals surface area contributed by atoms with Gasteiger partial charge in [0.25, 0.3) is 0 Å². The molecular weight excluding hydrogens is 453 g/mol. The van der Waals surface area contributed by atoms with Crippen LogP contribution < -0.4 is 10.2 Å². The van der Waals surface area contributed by atoms with Gasteiger partial charge in [0.1, 0.15) is 5.82 Å². The van der Waals surface area contributed by atoms with Crippen molar-refractivity contribution in [1.82, 2.24) is 15.2 Å². The first-order valence-corrected chi connectivity index (χ1v) is 10.0. The van der Waals surface area contributed by atoms with Gasteiger partial charge in [-0.05, 0) is 49.8 Å². The monoisotopic (exact) mass is 485 g/mol. The SMILES string of the molecule is CN=C(NCc1ccnc(N2CCCCC2)c1)N1CCC2(CCOC2)C1.I. The van der Waals surface area contributed by atoms with E-state index in [1.807, 2.05) is 13.2 Å². The number of hydrogen-bond donors (Lipinski definition) is 1. The van der Waals surface area contributed by atoms with E-state index >= 15 is 0 Å². The lowest BCUT2D eigenvalue weighted by atomic mass is 9.87. The van der Waals surface area contributed by atoms with Crippen molar-refractivity contribution in [3.63, 3.8) is 0 Å². The predicted octanol–water partition coefficient (Wildman–Crippen LogP) is 2.88. The molecule has 0 aliphatic carbocycles. The minimum Gasteiger partial charge on any atom is -0.381 e. The van der Waals surface area contributed by atoms with E-state index in [1.165, 1.54) is 37.7 Å². The number of aliphatic imine (C=N–C) groups is 1. The minimum atomic E-state index is 0. The van der Waals surface area contributed by atoms with E-state index in [0.29, 0.717) is 5.41 Å². The summed E-state index contributed by atoms with van der Waals surface area (Å²) < 4.78 is 5.65. The lowest BCUT2D eigenvalue weighted by Gasteiger charge is -2.28. The summed E-state index contributed by atoms with van der Waals surface area (Å²) in [5, 5.41) is 3.55. The van der Waals surface area contributed by atoms with E-state index in [2.05, 4.69) is 37.2 Å². The van der Waals surface area contributed by atoms with Gasteiger partial charge in [0.2, 0.25) is 0 Å². The second-order valence-corrected chi connectivity index (χ2v) is 7.94. The summed E-state index contributed by atoms with van der Waals surface area (Å²) >= 11 is 0. The Hall–Kier alpha value is -1.09. The van der Waals surface area contributed by atoms with Gasteiger partial charge in [-0.15, -0.1) is 24.0 Å². The van der Waals surface area contributed by atoms with Crippen LogP contribution in [0, 0.1) is 5.41 Å². The van der Waals surface area contributed by atoms with Crippen LogP contribution in [0.3, 0.4) is 0 Å². The minimum absolute atomic E-state index is 0. The quantitative estimate of drug-likeness (QED) is 0.406. The Bertz CT molecular complexity index is 641. The molecule has 1 spiro atoms. The number of rotatable bonds is 3. The van der Waals surface area contributed by atoms with Crippen LogP contribution in [0.4, 0.5) is 5.82 Å². The number of anilines is 1. The molecule has 1 aromatic rings. The van der Waals surface area contributed by atoms with E-state index in [9.17, 15) is 0 Å². The summed E-state index contributed by atoms with van der Waals surface area (Å²) in [6.45, 7) is 6.99. The normalized spacial score (nSPS) is 25.7. The lowest BCUT2D eigenvalue weighted by Crippen LogP contribution is -2.41. The first kappa shape index (κ1) is 20.6. The molecule has 150 valence electrons. The fraction of sp³-hybridized carbons (Fsp3) is 0.700. The topological polar surface area (TPSA) is 53.0 Å². The Kier molecular flexibility index (Phi) is 7.19. The highest BCUT2D eigenvalue weighted by molar-refractivity contribution is 14.0. The molecule has 4 heterocycles. The van der Waals surface area contributed by atoms with Crippen LogP contribution in [0.2, 0.25) is 0 Å². The zero-order chi connectivity index (χ0) is 17.8. The molecule has 0 bridgehead atoms. The van der Waals surface area contributed by atoms with Gasteiger partial charge in [-0.2, -0.15) is 0 Å². The number of hydrogen-bond acceptors (Lipinski definition) is 4. The molecule has 3 aliphatic rings. The molecule has 1 aromatic heterocycles. The third kappa shape index (κ3) is 4.85. The summed E-state index contributed by atoms with van der Waals surface area (Å²) in [7, 11) is 1.88. The van der Waals surface area contributed by atoms with Crippen molar-refractivity contribution in [1.29, 1.82) is 0 Å². The molecular formula is C20H32IN5O. The highest BCUT2D eigenvalue weighted by Crippen LogP contribution is 2.38. The third-order valence-electron chi connectivity index (χ3n) is 6.08. The third-order valence-corrected chi connectivity index (χ3v) is 6.08. The molecule has 1 atom stereocenters. The lowest BCUT2D eigenvalue weighted by molar-refractivity contribution is 0.156. The highest BCUT2D eigenvalue weighted by Gasteiger charge is 2.42. The Morgan fingerprint density at radius 2 is 2.11 bits per heavy atom. The van der Waals surface area contributed by atoms with Crippen LogP contribution in [0.1, 0.15) is 37.7 Å². The van der Waals surface area contributed by atoms with Gasteiger partial charge in [0.15, 0.2) is 5.96 Å². The number of halogens is 1. The van der Waals surface area contributed by atoms with Crippen molar-refractivity contribution < 1.29 is 4.74 Å². The fourth-order valence-corrected chi connectivity index (χ4v) is 4.47. The molecule has 3 aliphatic heterocycles. The fourth-order valence-electron chi connectivity index (χ4n) is 4.47. The highest BCUT2D eigenvalue weighted by atomic mass is 127. The van der Waals surface area contributed by atoms with E-state index in [-0.39, 0.29) is 24.0 Å². The van der Waals surface area contributed by atoms with E-state index in [4.69, 9.17) is 4.74 Å². The van der Waals surface area contributed by atoms with Crippen LogP contribution in [-0.4, -0.2) is 62.3 Å². The molecule has 0 saturated carbocycles. The van der Waals surface area contributed by atoms with Crippen LogP contribution in [0.25, 0.3) is 0 Å². The molecule has 7 heteroatoms. The van der Waals surface area contributed by atoms with Crippen molar-refractivity contribution in [2.24, 2.45) is 10.4 Å². The first-order chi connectivity index (χ1) is 12.8. The smallest absolute Gasteiger partial charge is 0.193 e. The van der Waals surface area contributed by atoms with E-state index in [0.717, 1.165) is 57.7 Å².